The Kier molecular flexibility index (Phi) is 2.97. The second kappa shape index (κ2) is 4.46. The van der Waals surface area contributed by atoms with Crippen LogP contribution < -0.4 is 0 Å². The average Bonchev–Trinajstić information content (AvgIpc) is 3.28. The van der Waals surface area contributed by atoms with Crippen LogP contribution in [0.4, 0.5) is 0 Å². The first-order chi connectivity index (χ1) is 9.22. The molecule has 2 aliphatic carbocycles. The first kappa shape index (κ1) is 12.6. The van der Waals surface area contributed by atoms with Crippen LogP contribution in [0.2, 0.25) is 0 Å². The molecule has 2 aliphatic heterocycles. The minimum absolute atomic E-state index is 0.755. The van der Waals surface area contributed by atoms with Crippen molar-refractivity contribution in [1.82, 2.24) is 9.80 Å². The maximum Gasteiger partial charge on any atom is 0.0131 e. The standard InChI is InChI=1S/C17H30N2/c1-3-18-7-4-6-17(12-18)11-15(17)9-13(2)19-8-5-14-10-16(14)19/h13-16H,3-12H2,1-2H3. The molecule has 4 rings (SSSR count). The molecule has 5 unspecified atom stereocenters. The maximum atomic E-state index is 2.84. The van der Waals surface area contributed by atoms with Crippen molar-refractivity contribution in [1.29, 1.82) is 0 Å². The molecule has 0 radical (unpaired) electrons. The Balaban J connectivity index is 1.32. The molecule has 4 aliphatic rings. The van der Waals surface area contributed by atoms with Crippen molar-refractivity contribution >= 4 is 0 Å². The highest BCUT2D eigenvalue weighted by molar-refractivity contribution is 5.08. The van der Waals surface area contributed by atoms with E-state index in [0.717, 1.165) is 29.3 Å². The number of fused-ring (bicyclic) bond motifs is 1. The molecular formula is C17H30N2. The van der Waals surface area contributed by atoms with Gasteiger partial charge in [-0.15, -0.1) is 0 Å². The van der Waals surface area contributed by atoms with E-state index >= 15 is 0 Å². The molecule has 0 aromatic heterocycles. The molecule has 0 N–H and O–H groups in total. The molecule has 5 atom stereocenters. The molecular weight excluding hydrogens is 232 g/mol. The van der Waals surface area contributed by atoms with E-state index in [1.165, 1.54) is 64.7 Å². The zero-order valence-corrected chi connectivity index (χ0v) is 12.8. The van der Waals surface area contributed by atoms with E-state index in [1.54, 1.807) is 0 Å². The molecule has 19 heavy (non-hydrogen) atoms. The summed E-state index contributed by atoms with van der Waals surface area (Å²) in [4.78, 5) is 5.54. The summed E-state index contributed by atoms with van der Waals surface area (Å²) in [6.45, 7) is 10.3. The molecule has 0 aromatic carbocycles. The fourth-order valence-corrected chi connectivity index (χ4v) is 5.32. The Morgan fingerprint density at radius 1 is 1.32 bits per heavy atom. The lowest BCUT2D eigenvalue weighted by Crippen LogP contribution is -2.38. The zero-order valence-electron chi connectivity index (χ0n) is 12.8. The highest BCUT2D eigenvalue weighted by Crippen LogP contribution is 2.60. The molecule has 108 valence electrons. The van der Waals surface area contributed by atoms with E-state index in [-0.39, 0.29) is 0 Å². The first-order valence-electron chi connectivity index (χ1n) is 8.70. The van der Waals surface area contributed by atoms with Crippen LogP contribution in [0.15, 0.2) is 0 Å². The smallest absolute Gasteiger partial charge is 0.0131 e. The van der Waals surface area contributed by atoms with Crippen molar-refractivity contribution in [3.8, 4) is 0 Å². The summed E-state index contributed by atoms with van der Waals surface area (Å²) in [6, 6.07) is 1.86. The average molecular weight is 262 g/mol. The van der Waals surface area contributed by atoms with Crippen LogP contribution in [0.1, 0.15) is 52.4 Å². The minimum Gasteiger partial charge on any atom is -0.303 e. The Bertz CT molecular complexity index is 355. The van der Waals surface area contributed by atoms with Crippen molar-refractivity contribution in [2.24, 2.45) is 17.3 Å². The van der Waals surface area contributed by atoms with Crippen molar-refractivity contribution < 1.29 is 0 Å². The van der Waals surface area contributed by atoms with E-state index in [1.807, 2.05) is 0 Å². The molecule has 0 amide bonds. The van der Waals surface area contributed by atoms with Crippen LogP contribution in [0, 0.1) is 17.3 Å². The van der Waals surface area contributed by atoms with Gasteiger partial charge in [-0.1, -0.05) is 6.92 Å². The molecule has 1 spiro atoms. The van der Waals surface area contributed by atoms with Gasteiger partial charge in [-0.2, -0.15) is 0 Å². The van der Waals surface area contributed by atoms with Crippen LogP contribution in [0.25, 0.3) is 0 Å². The van der Waals surface area contributed by atoms with Crippen LogP contribution in [0.5, 0.6) is 0 Å². The maximum absolute atomic E-state index is 2.84. The van der Waals surface area contributed by atoms with E-state index in [4.69, 9.17) is 0 Å². The van der Waals surface area contributed by atoms with Gasteiger partial charge in [0.2, 0.25) is 0 Å². The molecule has 2 heteroatoms. The summed E-state index contributed by atoms with van der Waals surface area (Å²) >= 11 is 0. The highest BCUT2D eigenvalue weighted by atomic mass is 15.2. The second-order valence-corrected chi connectivity index (χ2v) is 7.91. The second-order valence-electron chi connectivity index (χ2n) is 7.91. The third kappa shape index (κ3) is 2.15. The highest BCUT2D eigenvalue weighted by Gasteiger charge is 2.56. The van der Waals surface area contributed by atoms with Gasteiger partial charge < -0.3 is 4.90 Å². The number of piperidine rings is 2. The fourth-order valence-electron chi connectivity index (χ4n) is 5.32. The van der Waals surface area contributed by atoms with Gasteiger partial charge in [0.1, 0.15) is 0 Å². The Hall–Kier alpha value is -0.0800. The van der Waals surface area contributed by atoms with Gasteiger partial charge in [0.05, 0.1) is 0 Å². The number of likely N-dealkylation sites (tertiary alicyclic amines) is 2. The van der Waals surface area contributed by atoms with Crippen LogP contribution in [0.3, 0.4) is 0 Å². The van der Waals surface area contributed by atoms with Gasteiger partial charge in [0.15, 0.2) is 0 Å². The molecule has 2 saturated carbocycles. The first-order valence-corrected chi connectivity index (χ1v) is 8.70. The summed E-state index contributed by atoms with van der Waals surface area (Å²) < 4.78 is 0. The summed E-state index contributed by atoms with van der Waals surface area (Å²) in [5.41, 5.74) is 0.755. The van der Waals surface area contributed by atoms with Crippen LogP contribution in [-0.4, -0.2) is 48.1 Å². The predicted octanol–water partition coefficient (Wildman–Crippen LogP) is 2.98. The lowest BCUT2D eigenvalue weighted by atomic mass is 9.90. The van der Waals surface area contributed by atoms with Gasteiger partial charge in [0, 0.05) is 18.6 Å². The number of rotatable bonds is 4. The SMILES string of the molecule is CCN1CCCC2(CC2CC(C)N2CCC3CC32)C1. The van der Waals surface area contributed by atoms with E-state index in [0.29, 0.717) is 0 Å². The molecule has 2 heterocycles. The topological polar surface area (TPSA) is 6.48 Å². The van der Waals surface area contributed by atoms with E-state index < -0.39 is 0 Å². The largest absolute Gasteiger partial charge is 0.303 e. The summed E-state index contributed by atoms with van der Waals surface area (Å²) in [7, 11) is 0. The number of hydrogen-bond donors (Lipinski definition) is 0. The summed E-state index contributed by atoms with van der Waals surface area (Å²) in [5.74, 6) is 2.15. The van der Waals surface area contributed by atoms with Crippen molar-refractivity contribution in [2.45, 2.75) is 64.5 Å². The van der Waals surface area contributed by atoms with Gasteiger partial charge in [0.25, 0.3) is 0 Å². The van der Waals surface area contributed by atoms with Gasteiger partial charge in [-0.25, -0.2) is 0 Å². The minimum atomic E-state index is 0.755. The number of hydrogen-bond acceptors (Lipinski definition) is 2. The summed E-state index contributed by atoms with van der Waals surface area (Å²) in [6.07, 6.45) is 9.01. The zero-order chi connectivity index (χ0) is 13.0. The third-order valence-corrected chi connectivity index (χ3v) is 6.75. The fraction of sp³-hybridized carbons (Fsp3) is 1.00. The summed E-state index contributed by atoms with van der Waals surface area (Å²) in [5, 5.41) is 0. The Labute approximate surface area is 118 Å². The predicted molar refractivity (Wildman–Crippen MR) is 79.2 cm³/mol. The van der Waals surface area contributed by atoms with Gasteiger partial charge >= 0.3 is 0 Å². The Morgan fingerprint density at radius 2 is 2.21 bits per heavy atom. The van der Waals surface area contributed by atoms with Crippen LogP contribution in [-0.2, 0) is 0 Å². The molecule has 2 nitrogen and oxygen atoms in total. The van der Waals surface area contributed by atoms with E-state index in [2.05, 4.69) is 23.6 Å². The van der Waals surface area contributed by atoms with Crippen molar-refractivity contribution in [2.75, 3.05) is 26.2 Å². The molecule has 4 fully saturated rings. The normalized spacial score (nSPS) is 47.4. The molecule has 2 saturated heterocycles. The Morgan fingerprint density at radius 3 is 2.89 bits per heavy atom. The van der Waals surface area contributed by atoms with Gasteiger partial charge in [-0.05, 0) is 82.3 Å². The van der Waals surface area contributed by atoms with Crippen molar-refractivity contribution in [3.63, 3.8) is 0 Å². The van der Waals surface area contributed by atoms with Crippen molar-refractivity contribution in [3.05, 3.63) is 0 Å². The number of nitrogens with zero attached hydrogens (tertiary/aromatic N) is 2. The third-order valence-electron chi connectivity index (χ3n) is 6.75. The quantitative estimate of drug-likeness (QED) is 0.768. The monoisotopic (exact) mass is 262 g/mol. The molecule has 0 aromatic rings. The lowest BCUT2D eigenvalue weighted by Gasteiger charge is -2.34. The molecule has 0 bridgehead atoms. The van der Waals surface area contributed by atoms with Crippen LogP contribution >= 0.6 is 0 Å². The van der Waals surface area contributed by atoms with E-state index in [9.17, 15) is 0 Å². The van der Waals surface area contributed by atoms with Gasteiger partial charge in [-0.3, -0.25) is 4.90 Å². The lowest BCUT2D eigenvalue weighted by molar-refractivity contribution is 0.143.